The predicted octanol–water partition coefficient (Wildman–Crippen LogP) is 14.3. The standard InChI is InChI=1S/C53H42N2O/c56-40-45-28-38-53(39-29-45)55(50-14-8-3-9-15-50)52-36-26-44(27-37-52)19-17-42-22-32-47(33-23-42)46-30-20-41(21-31-46)16-18-43-24-34-51(35-25-43)54(48-10-4-1-5-11-48)49-12-6-2-7-13-49/h1-6,8-12,14-40H,7,13H2/b18-16+,19-17+. The molecule has 0 atom stereocenters. The molecule has 0 heterocycles. The molecule has 0 spiro atoms. The Labute approximate surface area is 330 Å². The lowest BCUT2D eigenvalue weighted by Crippen LogP contribution is -2.17. The molecular weight excluding hydrogens is 681 g/mol. The van der Waals surface area contributed by atoms with Gasteiger partial charge in [0.15, 0.2) is 0 Å². The van der Waals surface area contributed by atoms with Crippen LogP contribution in [0.3, 0.4) is 0 Å². The van der Waals surface area contributed by atoms with E-state index in [1.807, 2.05) is 42.5 Å². The Bertz CT molecular complexity index is 2480. The molecule has 0 aromatic heterocycles. The number of carbonyl (C=O) groups excluding carboxylic acids is 1. The first-order valence-corrected chi connectivity index (χ1v) is 19.1. The fourth-order valence-corrected chi connectivity index (χ4v) is 6.99. The SMILES string of the molecule is O=Cc1ccc(N(c2ccccc2)c2ccc(/C=C/c3ccc(-c4ccc(/C=C/c5ccc(N(C6=CC=CCC6)c6ccccc6)cc5)cc4)cc3)cc2)cc1. The molecule has 3 nitrogen and oxygen atoms in total. The molecule has 3 heteroatoms. The molecule has 0 saturated heterocycles. The first-order valence-electron chi connectivity index (χ1n) is 19.1. The van der Waals surface area contributed by atoms with E-state index in [1.54, 1.807) is 0 Å². The van der Waals surface area contributed by atoms with Crippen molar-refractivity contribution in [2.24, 2.45) is 0 Å². The van der Waals surface area contributed by atoms with Gasteiger partial charge < -0.3 is 9.80 Å². The summed E-state index contributed by atoms with van der Waals surface area (Å²) >= 11 is 0. The average Bonchev–Trinajstić information content (AvgIpc) is 3.28. The van der Waals surface area contributed by atoms with Crippen LogP contribution in [-0.2, 0) is 0 Å². The molecule has 7 aromatic rings. The van der Waals surface area contributed by atoms with E-state index in [9.17, 15) is 4.79 Å². The molecule has 0 N–H and O–H groups in total. The first kappa shape index (κ1) is 35.8. The van der Waals surface area contributed by atoms with Crippen molar-refractivity contribution in [2.45, 2.75) is 12.8 Å². The maximum atomic E-state index is 11.2. The third-order valence-corrected chi connectivity index (χ3v) is 9.99. The molecule has 56 heavy (non-hydrogen) atoms. The summed E-state index contributed by atoms with van der Waals surface area (Å²) in [4.78, 5) is 15.8. The van der Waals surface area contributed by atoms with Crippen molar-refractivity contribution in [2.75, 3.05) is 9.80 Å². The summed E-state index contributed by atoms with van der Waals surface area (Å²) < 4.78 is 0. The van der Waals surface area contributed by atoms with E-state index in [1.165, 1.54) is 33.8 Å². The minimum absolute atomic E-state index is 0.659. The van der Waals surface area contributed by atoms with Crippen LogP contribution in [0.15, 0.2) is 206 Å². The first-order chi connectivity index (χ1) is 27.7. The number of para-hydroxylation sites is 2. The zero-order valence-electron chi connectivity index (χ0n) is 31.2. The number of benzene rings is 7. The number of hydrogen-bond acceptors (Lipinski definition) is 3. The molecule has 0 bridgehead atoms. The molecule has 0 aliphatic heterocycles. The summed E-state index contributed by atoms with van der Waals surface area (Å²) in [5, 5.41) is 0. The second-order valence-corrected chi connectivity index (χ2v) is 13.8. The van der Waals surface area contributed by atoms with Crippen molar-refractivity contribution in [1.82, 2.24) is 0 Å². The molecule has 0 radical (unpaired) electrons. The maximum Gasteiger partial charge on any atom is 0.150 e. The lowest BCUT2D eigenvalue weighted by atomic mass is 10.0. The lowest BCUT2D eigenvalue weighted by Gasteiger charge is -2.28. The van der Waals surface area contributed by atoms with E-state index in [0.717, 1.165) is 52.9 Å². The molecule has 7 aromatic carbocycles. The number of rotatable bonds is 12. The monoisotopic (exact) mass is 722 g/mol. The highest BCUT2D eigenvalue weighted by Crippen LogP contribution is 2.35. The smallest absolute Gasteiger partial charge is 0.150 e. The number of hydrogen-bond donors (Lipinski definition) is 0. The highest BCUT2D eigenvalue weighted by Gasteiger charge is 2.15. The van der Waals surface area contributed by atoms with Gasteiger partial charge in [-0.3, -0.25) is 4.79 Å². The summed E-state index contributed by atoms with van der Waals surface area (Å²) in [6.07, 6.45) is 18.2. The van der Waals surface area contributed by atoms with Crippen LogP contribution in [0.2, 0.25) is 0 Å². The molecule has 0 unspecified atom stereocenters. The number of allylic oxidation sites excluding steroid dienone is 4. The molecule has 270 valence electrons. The van der Waals surface area contributed by atoms with Crippen LogP contribution in [-0.4, -0.2) is 6.29 Å². The predicted molar refractivity (Wildman–Crippen MR) is 238 cm³/mol. The second kappa shape index (κ2) is 17.3. The molecule has 0 fully saturated rings. The van der Waals surface area contributed by atoms with Crippen LogP contribution in [0.4, 0.5) is 28.4 Å². The van der Waals surface area contributed by atoms with Crippen LogP contribution < -0.4 is 9.80 Å². The van der Waals surface area contributed by atoms with Gasteiger partial charge in [-0.05, 0) is 125 Å². The zero-order chi connectivity index (χ0) is 37.9. The van der Waals surface area contributed by atoms with Crippen LogP contribution in [0.25, 0.3) is 35.4 Å². The van der Waals surface area contributed by atoms with Crippen LogP contribution >= 0.6 is 0 Å². The minimum atomic E-state index is 0.659. The van der Waals surface area contributed by atoms with Crippen molar-refractivity contribution in [3.05, 3.63) is 234 Å². The Morgan fingerprint density at radius 1 is 0.375 bits per heavy atom. The van der Waals surface area contributed by atoms with Gasteiger partial charge in [-0.1, -0.05) is 146 Å². The van der Waals surface area contributed by atoms with Gasteiger partial charge in [-0.15, -0.1) is 0 Å². The quantitative estimate of drug-likeness (QED) is 0.0927. The summed E-state index contributed by atoms with van der Waals surface area (Å²) in [5.41, 5.74) is 14.4. The normalized spacial score (nSPS) is 12.5. The Hall–Kier alpha value is -7.23. The highest BCUT2D eigenvalue weighted by atomic mass is 16.1. The van der Waals surface area contributed by atoms with Crippen molar-refractivity contribution in [3.8, 4) is 11.1 Å². The Kier molecular flexibility index (Phi) is 11.0. The van der Waals surface area contributed by atoms with Gasteiger partial charge in [0.1, 0.15) is 6.29 Å². The molecule has 1 aliphatic carbocycles. The third-order valence-electron chi connectivity index (χ3n) is 9.99. The zero-order valence-corrected chi connectivity index (χ0v) is 31.2. The summed E-state index contributed by atoms with van der Waals surface area (Å²) in [6, 6.07) is 63.3. The van der Waals surface area contributed by atoms with Gasteiger partial charge in [0, 0.05) is 39.7 Å². The van der Waals surface area contributed by atoms with Gasteiger partial charge >= 0.3 is 0 Å². The maximum absolute atomic E-state index is 11.2. The number of anilines is 5. The van der Waals surface area contributed by atoms with Crippen molar-refractivity contribution in [1.29, 1.82) is 0 Å². The molecule has 8 rings (SSSR count). The van der Waals surface area contributed by atoms with Crippen LogP contribution in [0.1, 0.15) is 45.5 Å². The average molecular weight is 723 g/mol. The van der Waals surface area contributed by atoms with E-state index in [2.05, 4.69) is 192 Å². The molecule has 0 amide bonds. The summed E-state index contributed by atoms with van der Waals surface area (Å²) in [6.45, 7) is 0. The fourth-order valence-electron chi connectivity index (χ4n) is 6.99. The second-order valence-electron chi connectivity index (χ2n) is 13.8. The fraction of sp³-hybridized carbons (Fsp3) is 0.0377. The summed E-state index contributed by atoms with van der Waals surface area (Å²) in [5.74, 6) is 0. The van der Waals surface area contributed by atoms with Gasteiger partial charge in [-0.25, -0.2) is 0 Å². The van der Waals surface area contributed by atoms with Crippen LogP contribution in [0.5, 0.6) is 0 Å². The third kappa shape index (κ3) is 8.59. The number of aldehydes is 1. The van der Waals surface area contributed by atoms with E-state index in [-0.39, 0.29) is 0 Å². The Morgan fingerprint density at radius 2 is 0.732 bits per heavy atom. The molecular formula is C53H42N2O. The van der Waals surface area contributed by atoms with Gasteiger partial charge in [0.05, 0.1) is 0 Å². The van der Waals surface area contributed by atoms with E-state index >= 15 is 0 Å². The van der Waals surface area contributed by atoms with E-state index < -0.39 is 0 Å². The van der Waals surface area contributed by atoms with Gasteiger partial charge in [0.2, 0.25) is 0 Å². The Morgan fingerprint density at radius 3 is 1.12 bits per heavy atom. The highest BCUT2D eigenvalue weighted by molar-refractivity contribution is 5.81. The minimum Gasteiger partial charge on any atom is -0.314 e. The van der Waals surface area contributed by atoms with Crippen molar-refractivity contribution < 1.29 is 4.79 Å². The number of carbonyl (C=O) groups is 1. The molecule has 0 saturated carbocycles. The van der Waals surface area contributed by atoms with Crippen molar-refractivity contribution >= 4 is 59.0 Å². The van der Waals surface area contributed by atoms with Gasteiger partial charge in [-0.2, -0.15) is 0 Å². The van der Waals surface area contributed by atoms with E-state index in [0.29, 0.717) is 5.56 Å². The topological polar surface area (TPSA) is 23.6 Å². The Balaban J connectivity index is 0.902. The van der Waals surface area contributed by atoms with E-state index in [4.69, 9.17) is 0 Å². The summed E-state index contributed by atoms with van der Waals surface area (Å²) in [7, 11) is 0. The lowest BCUT2D eigenvalue weighted by molar-refractivity contribution is 0.112. The number of nitrogens with zero attached hydrogens (tertiary/aromatic N) is 2. The van der Waals surface area contributed by atoms with Crippen LogP contribution in [0, 0.1) is 0 Å². The molecule has 1 aliphatic rings. The van der Waals surface area contributed by atoms with Crippen molar-refractivity contribution in [3.63, 3.8) is 0 Å². The largest absolute Gasteiger partial charge is 0.314 e. The van der Waals surface area contributed by atoms with Gasteiger partial charge in [0.25, 0.3) is 0 Å².